The zero-order valence-corrected chi connectivity index (χ0v) is 18.7. The molecule has 0 spiro atoms. The Balaban J connectivity index is 1.50. The topological polar surface area (TPSA) is 89.6 Å². The first-order chi connectivity index (χ1) is 14.7. The van der Waals surface area contributed by atoms with Crippen molar-refractivity contribution >= 4 is 10.2 Å². The third kappa shape index (κ3) is 4.72. The monoisotopic (exact) mass is 449 g/mol. The van der Waals surface area contributed by atoms with Gasteiger partial charge in [0.15, 0.2) is 0 Å². The fraction of sp³-hybridized carbons (Fsp3) is 0.524. The summed E-state index contributed by atoms with van der Waals surface area (Å²) in [5.74, 6) is 0.542. The average Bonchev–Trinajstić information content (AvgIpc) is 2.75. The molecule has 2 aromatic rings. The third-order valence-corrected chi connectivity index (χ3v) is 7.94. The predicted octanol–water partition coefficient (Wildman–Crippen LogP) is 1.45. The fourth-order valence-electron chi connectivity index (χ4n) is 4.31. The van der Waals surface area contributed by atoms with Crippen LogP contribution in [0.2, 0.25) is 0 Å². The predicted molar refractivity (Wildman–Crippen MR) is 115 cm³/mol. The first-order valence-electron chi connectivity index (χ1n) is 10.5. The summed E-state index contributed by atoms with van der Waals surface area (Å²) in [6.07, 6.45) is 2.34. The fourth-order valence-corrected chi connectivity index (χ4v) is 5.39. The molecule has 0 bridgehead atoms. The summed E-state index contributed by atoms with van der Waals surface area (Å²) in [6, 6.07) is 6.54. The molecule has 1 fully saturated rings. The molecule has 168 valence electrons. The lowest BCUT2D eigenvalue weighted by atomic mass is 9.96. The van der Waals surface area contributed by atoms with Gasteiger partial charge in [0.1, 0.15) is 11.6 Å². The number of rotatable bonds is 5. The van der Waals surface area contributed by atoms with E-state index in [-0.39, 0.29) is 23.8 Å². The van der Waals surface area contributed by atoms with Crippen molar-refractivity contribution in [1.29, 1.82) is 0 Å². The minimum Gasteiger partial charge on any atom is -0.310 e. The minimum absolute atomic E-state index is 0.0415. The molecular formula is C21H28FN5O3S. The summed E-state index contributed by atoms with van der Waals surface area (Å²) >= 11 is 0. The number of benzene rings is 1. The van der Waals surface area contributed by atoms with Crippen LogP contribution in [0.25, 0.3) is 0 Å². The summed E-state index contributed by atoms with van der Waals surface area (Å²) in [5, 5.41) is 0. The molecule has 2 aliphatic heterocycles. The van der Waals surface area contributed by atoms with Crippen molar-refractivity contribution in [3.8, 4) is 0 Å². The number of aromatic amines is 1. The number of aromatic nitrogens is 2. The zero-order chi connectivity index (χ0) is 22.2. The summed E-state index contributed by atoms with van der Waals surface area (Å²) in [5.41, 5.74) is 1.92. The third-order valence-electron chi connectivity index (χ3n) is 6.05. The van der Waals surface area contributed by atoms with E-state index < -0.39 is 10.2 Å². The number of nitrogens with one attached hydrogen (secondary N) is 1. The van der Waals surface area contributed by atoms with Crippen molar-refractivity contribution in [1.82, 2.24) is 23.5 Å². The van der Waals surface area contributed by atoms with Crippen LogP contribution in [0.15, 0.2) is 29.1 Å². The van der Waals surface area contributed by atoms with Crippen LogP contribution < -0.4 is 5.56 Å². The van der Waals surface area contributed by atoms with Crippen LogP contribution >= 0.6 is 0 Å². The molecule has 1 N–H and O–H groups in total. The van der Waals surface area contributed by atoms with E-state index in [1.165, 1.54) is 30.5 Å². The van der Waals surface area contributed by atoms with Gasteiger partial charge in [-0.1, -0.05) is 12.1 Å². The van der Waals surface area contributed by atoms with E-state index >= 15 is 0 Å². The van der Waals surface area contributed by atoms with Crippen LogP contribution in [0, 0.1) is 5.82 Å². The molecule has 1 aromatic carbocycles. The van der Waals surface area contributed by atoms with Crippen molar-refractivity contribution in [2.24, 2.45) is 0 Å². The van der Waals surface area contributed by atoms with Gasteiger partial charge in [0.05, 0.1) is 11.3 Å². The van der Waals surface area contributed by atoms with E-state index in [2.05, 4.69) is 9.88 Å². The van der Waals surface area contributed by atoms with Gasteiger partial charge in [-0.05, 0) is 37.1 Å². The standard InChI is InChI=1S/C21H28FN5O3S/c1-25(2)31(29,30)27-11-9-19-18(14-27)21(28)24-20(23-19)16-4-3-10-26(13-16)12-15-5-7-17(22)8-6-15/h5-8,16H,3-4,9-14H2,1-2H3,(H,23,24,28)/t16-/m1/s1. The number of fused-ring (bicyclic) bond motifs is 1. The highest BCUT2D eigenvalue weighted by Gasteiger charge is 2.32. The highest BCUT2D eigenvalue weighted by molar-refractivity contribution is 7.86. The lowest BCUT2D eigenvalue weighted by Crippen LogP contribution is -2.45. The first kappa shape index (κ1) is 22.1. The van der Waals surface area contributed by atoms with E-state index in [0.717, 1.165) is 42.3 Å². The van der Waals surface area contributed by atoms with Crippen molar-refractivity contribution in [3.05, 3.63) is 63.1 Å². The maximum Gasteiger partial charge on any atom is 0.281 e. The number of hydrogen-bond donors (Lipinski definition) is 1. The number of hydrogen-bond acceptors (Lipinski definition) is 5. The lowest BCUT2D eigenvalue weighted by Gasteiger charge is -2.33. The smallest absolute Gasteiger partial charge is 0.281 e. The Morgan fingerprint density at radius 2 is 1.97 bits per heavy atom. The second-order valence-electron chi connectivity index (χ2n) is 8.45. The van der Waals surface area contributed by atoms with Crippen LogP contribution in [0.4, 0.5) is 4.39 Å². The quantitative estimate of drug-likeness (QED) is 0.746. The summed E-state index contributed by atoms with van der Waals surface area (Å²) in [4.78, 5) is 22.8. The molecule has 0 radical (unpaired) electrons. The Morgan fingerprint density at radius 3 is 2.68 bits per heavy atom. The zero-order valence-electron chi connectivity index (χ0n) is 17.8. The molecule has 31 heavy (non-hydrogen) atoms. The molecule has 0 saturated carbocycles. The normalized spacial score (nSPS) is 20.7. The maximum absolute atomic E-state index is 13.2. The Kier molecular flexibility index (Phi) is 6.25. The van der Waals surface area contributed by atoms with Crippen LogP contribution in [0.1, 0.15) is 41.4 Å². The summed E-state index contributed by atoms with van der Waals surface area (Å²) in [7, 11) is -0.607. The highest BCUT2D eigenvalue weighted by Crippen LogP contribution is 2.27. The van der Waals surface area contributed by atoms with Gasteiger partial charge in [-0.15, -0.1) is 0 Å². The van der Waals surface area contributed by atoms with Crippen LogP contribution in [-0.2, 0) is 29.7 Å². The van der Waals surface area contributed by atoms with E-state index in [4.69, 9.17) is 4.98 Å². The van der Waals surface area contributed by atoms with E-state index in [0.29, 0.717) is 30.0 Å². The minimum atomic E-state index is -3.57. The van der Waals surface area contributed by atoms with E-state index in [1.807, 2.05) is 0 Å². The molecular weight excluding hydrogens is 421 g/mol. The van der Waals surface area contributed by atoms with Crippen molar-refractivity contribution in [2.75, 3.05) is 33.7 Å². The average molecular weight is 450 g/mol. The maximum atomic E-state index is 13.2. The van der Waals surface area contributed by atoms with Gasteiger partial charge in [0.25, 0.3) is 15.8 Å². The SMILES string of the molecule is CN(C)S(=O)(=O)N1CCc2nc([C@@H]3CCCN(Cc4ccc(F)cc4)C3)[nH]c(=O)c2C1. The molecule has 4 rings (SSSR count). The highest BCUT2D eigenvalue weighted by atomic mass is 32.2. The number of H-pyrrole nitrogens is 1. The summed E-state index contributed by atoms with van der Waals surface area (Å²) < 4.78 is 40.5. The molecule has 1 aromatic heterocycles. The van der Waals surface area contributed by atoms with Crippen LogP contribution in [0.3, 0.4) is 0 Å². The Hall–Kier alpha value is -2.14. The van der Waals surface area contributed by atoms with Crippen molar-refractivity contribution < 1.29 is 12.8 Å². The molecule has 0 aliphatic carbocycles. The Labute approximate surface area is 181 Å². The largest absolute Gasteiger partial charge is 0.310 e. The van der Waals surface area contributed by atoms with Gasteiger partial charge in [-0.3, -0.25) is 9.69 Å². The van der Waals surface area contributed by atoms with Crippen molar-refractivity contribution in [2.45, 2.75) is 38.3 Å². The van der Waals surface area contributed by atoms with Crippen molar-refractivity contribution in [3.63, 3.8) is 0 Å². The summed E-state index contributed by atoms with van der Waals surface area (Å²) in [6.45, 7) is 2.79. The molecule has 1 atom stereocenters. The number of likely N-dealkylation sites (tertiary alicyclic amines) is 1. The first-order valence-corrected chi connectivity index (χ1v) is 11.9. The molecule has 0 amide bonds. The second-order valence-corrected chi connectivity index (χ2v) is 10.6. The van der Waals surface area contributed by atoms with Gasteiger partial charge in [-0.25, -0.2) is 9.37 Å². The van der Waals surface area contributed by atoms with Gasteiger partial charge in [0, 0.05) is 52.6 Å². The van der Waals surface area contributed by atoms with E-state index in [9.17, 15) is 17.6 Å². The van der Waals surface area contributed by atoms with Gasteiger partial charge < -0.3 is 4.98 Å². The molecule has 3 heterocycles. The number of halogens is 1. The van der Waals surface area contributed by atoms with E-state index in [1.54, 1.807) is 12.1 Å². The van der Waals surface area contributed by atoms with Crippen LogP contribution in [-0.4, -0.2) is 65.6 Å². The molecule has 1 saturated heterocycles. The van der Waals surface area contributed by atoms with Gasteiger partial charge in [0.2, 0.25) is 0 Å². The van der Waals surface area contributed by atoms with Gasteiger partial charge in [-0.2, -0.15) is 17.0 Å². The van der Waals surface area contributed by atoms with Gasteiger partial charge >= 0.3 is 0 Å². The second kappa shape index (κ2) is 8.78. The molecule has 0 unspecified atom stereocenters. The number of piperidine rings is 1. The Bertz CT molecular complexity index is 1100. The molecule has 8 nitrogen and oxygen atoms in total. The lowest BCUT2D eigenvalue weighted by molar-refractivity contribution is 0.196. The molecule has 10 heteroatoms. The van der Waals surface area contributed by atoms with Crippen LogP contribution in [0.5, 0.6) is 0 Å². The molecule has 2 aliphatic rings. The number of nitrogens with zero attached hydrogens (tertiary/aromatic N) is 4. The Morgan fingerprint density at radius 1 is 1.23 bits per heavy atom.